The molecule has 1 atom stereocenters. The third-order valence-electron chi connectivity index (χ3n) is 4.00. The van der Waals surface area contributed by atoms with Crippen LogP contribution in [0.15, 0.2) is 55.1 Å². The van der Waals surface area contributed by atoms with Gasteiger partial charge in [0, 0.05) is 23.0 Å². The van der Waals surface area contributed by atoms with Crippen molar-refractivity contribution in [2.45, 2.75) is 18.9 Å². The van der Waals surface area contributed by atoms with Crippen molar-refractivity contribution >= 4 is 5.69 Å². The Labute approximate surface area is 156 Å². The highest BCUT2D eigenvalue weighted by molar-refractivity contribution is 5.45. The number of allylic oxidation sites excluding steroid dienone is 1. The highest BCUT2D eigenvalue weighted by atomic mass is 16.6. The van der Waals surface area contributed by atoms with Crippen LogP contribution in [0.2, 0.25) is 0 Å². The van der Waals surface area contributed by atoms with E-state index in [0.717, 1.165) is 23.3 Å². The summed E-state index contributed by atoms with van der Waals surface area (Å²) in [6.07, 6.45) is 2.98. The lowest BCUT2D eigenvalue weighted by atomic mass is 9.98. The number of nitrogens with zero attached hydrogens (tertiary/aromatic N) is 2. The molecule has 0 amide bonds. The number of benzene rings is 2. The second-order valence-corrected chi connectivity index (χ2v) is 5.78. The first kappa shape index (κ1) is 19.9. The molecule has 0 aromatic heterocycles. The Morgan fingerprint density at radius 1 is 1.22 bits per heavy atom. The van der Waals surface area contributed by atoms with Crippen molar-refractivity contribution in [3.05, 3.63) is 86.5 Å². The highest BCUT2D eigenvalue weighted by Gasteiger charge is 2.29. The molecule has 1 unspecified atom stereocenters. The Hall–Kier alpha value is -3.42. The van der Waals surface area contributed by atoms with E-state index in [0.29, 0.717) is 6.42 Å². The summed E-state index contributed by atoms with van der Waals surface area (Å²) >= 11 is 0. The lowest BCUT2D eigenvalue weighted by molar-refractivity contribution is -0.525. The molecule has 3 rings (SSSR count). The van der Waals surface area contributed by atoms with Crippen LogP contribution in [0, 0.1) is 20.2 Å². The van der Waals surface area contributed by atoms with Crippen LogP contribution in [0.25, 0.3) is 0 Å². The Morgan fingerprint density at radius 2 is 1.96 bits per heavy atom. The number of methoxy groups -OCH3 is 1. The maximum absolute atomic E-state index is 10.7. The highest BCUT2D eigenvalue weighted by Crippen LogP contribution is 2.30. The smallest absolute Gasteiger partial charge is 0.310 e. The topological polar surface area (TPSA) is 105 Å². The molecule has 8 nitrogen and oxygen atoms in total. The van der Waals surface area contributed by atoms with E-state index in [9.17, 15) is 20.2 Å². The molecule has 1 aliphatic rings. The molecule has 142 valence electrons. The molecule has 2 aromatic carbocycles. The zero-order valence-corrected chi connectivity index (χ0v) is 14.9. The third-order valence-corrected chi connectivity index (χ3v) is 4.00. The number of hydrogen-bond donors (Lipinski definition) is 0. The van der Waals surface area contributed by atoms with Gasteiger partial charge in [-0.25, -0.2) is 0 Å². The molecule has 0 N–H and O–H groups in total. The molecular weight excluding hydrogens is 352 g/mol. The minimum atomic E-state index is -0.619. The summed E-state index contributed by atoms with van der Waals surface area (Å²) in [6.45, 7) is 3.85. The van der Waals surface area contributed by atoms with Gasteiger partial charge in [-0.3, -0.25) is 20.2 Å². The third kappa shape index (κ3) is 5.04. The summed E-state index contributed by atoms with van der Waals surface area (Å²) in [5.74, 6) is 1.10. The maximum Gasteiger partial charge on any atom is 0.310 e. The Bertz CT molecular complexity index is 837. The van der Waals surface area contributed by atoms with Crippen LogP contribution in [0.5, 0.6) is 11.5 Å². The molecule has 0 radical (unpaired) electrons. The van der Waals surface area contributed by atoms with Crippen LogP contribution in [0.4, 0.5) is 5.69 Å². The molecule has 0 saturated heterocycles. The fourth-order valence-corrected chi connectivity index (χ4v) is 2.71. The molecule has 2 aromatic rings. The van der Waals surface area contributed by atoms with Gasteiger partial charge in [0.2, 0.25) is 0 Å². The standard InChI is InChI=1S/C12H13NO3.C7H7NO3/c1-2-4-9-5-3-6-10-7-11(13(14)15)8-16-12(9)10;1-11-7-5-3-2-4-6(7)8(9)10/h2-3,5-6,11H,1,4,7-8H2;2-5H,1H3. The number of nitro groups is 2. The van der Waals surface area contributed by atoms with Crippen molar-refractivity contribution in [1.82, 2.24) is 0 Å². The molecule has 0 fully saturated rings. The van der Waals surface area contributed by atoms with E-state index >= 15 is 0 Å². The Balaban J connectivity index is 0.000000208. The predicted octanol–water partition coefficient (Wildman–Crippen LogP) is 3.60. The van der Waals surface area contributed by atoms with Gasteiger partial charge >= 0.3 is 5.69 Å². The van der Waals surface area contributed by atoms with E-state index in [2.05, 4.69) is 6.58 Å². The fraction of sp³-hybridized carbons (Fsp3) is 0.263. The average molecular weight is 372 g/mol. The molecule has 8 heteroatoms. The predicted molar refractivity (Wildman–Crippen MR) is 100.0 cm³/mol. The molecule has 0 bridgehead atoms. The molecule has 1 heterocycles. The molecule has 0 saturated carbocycles. The lowest BCUT2D eigenvalue weighted by Crippen LogP contribution is -2.33. The average Bonchev–Trinajstić information content (AvgIpc) is 2.68. The normalized spacial score (nSPS) is 14.6. The van der Waals surface area contributed by atoms with Crippen molar-refractivity contribution in [2.75, 3.05) is 13.7 Å². The summed E-state index contributed by atoms with van der Waals surface area (Å²) in [7, 11) is 1.41. The van der Waals surface area contributed by atoms with Gasteiger partial charge in [0.05, 0.1) is 12.0 Å². The van der Waals surface area contributed by atoms with Gasteiger partial charge in [-0.05, 0) is 18.1 Å². The monoisotopic (exact) mass is 372 g/mol. The maximum atomic E-state index is 10.7. The van der Waals surface area contributed by atoms with Crippen molar-refractivity contribution in [2.24, 2.45) is 0 Å². The van der Waals surface area contributed by atoms with Crippen molar-refractivity contribution < 1.29 is 19.3 Å². The summed E-state index contributed by atoms with van der Waals surface area (Å²) in [4.78, 5) is 20.2. The van der Waals surface area contributed by atoms with Gasteiger partial charge in [-0.1, -0.05) is 36.4 Å². The summed E-state index contributed by atoms with van der Waals surface area (Å²) in [5, 5.41) is 21.0. The van der Waals surface area contributed by atoms with E-state index in [-0.39, 0.29) is 23.0 Å². The minimum Gasteiger partial charge on any atom is -0.490 e. The van der Waals surface area contributed by atoms with Crippen LogP contribution in [0.3, 0.4) is 0 Å². The van der Waals surface area contributed by atoms with Crippen LogP contribution in [-0.4, -0.2) is 29.6 Å². The Morgan fingerprint density at radius 3 is 2.56 bits per heavy atom. The van der Waals surface area contributed by atoms with Gasteiger partial charge in [0.1, 0.15) is 5.75 Å². The molecule has 1 aliphatic heterocycles. The van der Waals surface area contributed by atoms with Crippen molar-refractivity contribution in [3.63, 3.8) is 0 Å². The summed E-state index contributed by atoms with van der Waals surface area (Å²) in [6, 6.07) is 11.4. The second kappa shape index (κ2) is 9.33. The largest absolute Gasteiger partial charge is 0.490 e. The molecular formula is C19H20N2O6. The van der Waals surface area contributed by atoms with Crippen molar-refractivity contribution in [3.8, 4) is 11.5 Å². The van der Waals surface area contributed by atoms with Crippen LogP contribution < -0.4 is 9.47 Å². The van der Waals surface area contributed by atoms with Gasteiger partial charge < -0.3 is 9.47 Å². The SMILES string of the molecule is C=CCc1cccc2c1OCC([N+](=O)[O-])C2.COc1ccccc1[N+](=O)[O-]. The molecule has 0 spiro atoms. The van der Waals surface area contributed by atoms with Gasteiger partial charge in [-0.15, -0.1) is 6.58 Å². The number of hydrogen-bond acceptors (Lipinski definition) is 6. The number of fused-ring (bicyclic) bond motifs is 1. The molecule has 0 aliphatic carbocycles. The fourth-order valence-electron chi connectivity index (χ4n) is 2.71. The zero-order valence-electron chi connectivity index (χ0n) is 14.9. The first-order valence-electron chi connectivity index (χ1n) is 8.23. The van der Waals surface area contributed by atoms with Gasteiger partial charge in [-0.2, -0.15) is 0 Å². The van der Waals surface area contributed by atoms with Crippen molar-refractivity contribution in [1.29, 1.82) is 0 Å². The van der Waals surface area contributed by atoms with Gasteiger partial charge in [0.15, 0.2) is 12.4 Å². The Kier molecular flexibility index (Phi) is 6.87. The van der Waals surface area contributed by atoms with Crippen LogP contribution >= 0.6 is 0 Å². The first-order valence-corrected chi connectivity index (χ1v) is 8.23. The van der Waals surface area contributed by atoms with Crippen LogP contribution in [-0.2, 0) is 12.8 Å². The zero-order chi connectivity index (χ0) is 19.8. The quantitative estimate of drug-likeness (QED) is 0.451. The minimum absolute atomic E-state index is 0.00463. The number of nitro benzene ring substituents is 1. The number of ether oxygens (including phenoxy) is 2. The number of para-hydroxylation sites is 3. The lowest BCUT2D eigenvalue weighted by Gasteiger charge is -2.22. The van der Waals surface area contributed by atoms with Gasteiger partial charge in [0.25, 0.3) is 6.04 Å². The second-order valence-electron chi connectivity index (χ2n) is 5.78. The number of rotatable bonds is 5. The molecule has 27 heavy (non-hydrogen) atoms. The van der Waals surface area contributed by atoms with E-state index < -0.39 is 11.0 Å². The van der Waals surface area contributed by atoms with E-state index in [4.69, 9.17) is 9.47 Å². The van der Waals surface area contributed by atoms with Crippen LogP contribution in [0.1, 0.15) is 11.1 Å². The van der Waals surface area contributed by atoms with E-state index in [1.54, 1.807) is 24.3 Å². The van der Waals surface area contributed by atoms with E-state index in [1.165, 1.54) is 13.2 Å². The summed E-state index contributed by atoms with van der Waals surface area (Å²) in [5.41, 5.74) is 1.97. The summed E-state index contributed by atoms with van der Waals surface area (Å²) < 4.78 is 10.3. The van der Waals surface area contributed by atoms with E-state index in [1.807, 2.05) is 18.2 Å². The first-order chi connectivity index (χ1) is 13.0.